The maximum absolute atomic E-state index is 13.7. The molecule has 1 aromatic heterocycles. The Morgan fingerprint density at radius 2 is 1.70 bits per heavy atom. The predicted molar refractivity (Wildman–Crippen MR) is 146 cm³/mol. The van der Waals surface area contributed by atoms with Gasteiger partial charge in [-0.1, -0.05) is 54.6 Å². The number of carbonyl (C=O) groups excluding carboxylic acids is 1. The van der Waals surface area contributed by atoms with Gasteiger partial charge in [0.05, 0.1) is 29.1 Å². The van der Waals surface area contributed by atoms with Crippen LogP contribution in [0.2, 0.25) is 0 Å². The summed E-state index contributed by atoms with van der Waals surface area (Å²) in [6.07, 6.45) is 3.72. The third kappa shape index (κ3) is 4.86. The van der Waals surface area contributed by atoms with Crippen LogP contribution in [0.4, 0.5) is 0 Å². The van der Waals surface area contributed by atoms with Crippen molar-refractivity contribution in [2.75, 3.05) is 20.6 Å². The van der Waals surface area contributed by atoms with Crippen LogP contribution in [0.15, 0.2) is 60.8 Å². The van der Waals surface area contributed by atoms with Crippen molar-refractivity contribution < 1.29 is 14.1 Å². The van der Waals surface area contributed by atoms with E-state index in [-0.39, 0.29) is 36.3 Å². The monoisotopic (exact) mass is 500 g/mol. The van der Waals surface area contributed by atoms with Crippen LogP contribution >= 0.6 is 0 Å². The Labute approximate surface area is 220 Å². The molecule has 2 aromatic carbocycles. The molecule has 0 aliphatic carbocycles. The van der Waals surface area contributed by atoms with E-state index in [4.69, 9.17) is 14.3 Å². The van der Waals surface area contributed by atoms with Gasteiger partial charge < -0.3 is 19.2 Å². The highest BCUT2D eigenvalue weighted by molar-refractivity contribution is 6.62. The van der Waals surface area contributed by atoms with E-state index < -0.39 is 0 Å². The number of rotatable bonds is 6. The first kappa shape index (κ1) is 25.7. The van der Waals surface area contributed by atoms with Crippen LogP contribution in [0.25, 0.3) is 11.3 Å². The molecule has 0 spiro atoms. The molecule has 37 heavy (non-hydrogen) atoms. The number of imidazole rings is 1. The number of benzene rings is 2. The SMILES string of the molecule is CN(C)[C@@H](C(=O)N1CCC[C@H]1c1ncc(-c2ccc(B3OC(C)(C)C(C)(C)O3)cc2)[nH]1)c1ccccc1. The lowest BCUT2D eigenvalue weighted by Crippen LogP contribution is -2.41. The van der Waals surface area contributed by atoms with E-state index in [1.165, 1.54) is 0 Å². The number of hydrogen-bond donors (Lipinski definition) is 1. The predicted octanol–water partition coefficient (Wildman–Crippen LogP) is 4.34. The summed E-state index contributed by atoms with van der Waals surface area (Å²) in [5.74, 6) is 0.949. The lowest BCUT2D eigenvalue weighted by molar-refractivity contribution is -0.137. The molecule has 2 atom stereocenters. The van der Waals surface area contributed by atoms with E-state index in [1.54, 1.807) is 0 Å². The van der Waals surface area contributed by atoms with E-state index >= 15 is 0 Å². The Hall–Kier alpha value is -2.94. The first-order valence-corrected chi connectivity index (χ1v) is 13.1. The lowest BCUT2D eigenvalue weighted by atomic mass is 9.79. The second kappa shape index (κ2) is 9.74. The standard InChI is InChI=1S/C29H37BN4O3/c1-28(2)29(3,4)37-30(36-28)22-16-14-20(15-17-22)23-19-31-26(32-23)24-13-10-18-34(24)27(35)25(33(5)6)21-11-8-7-9-12-21/h7-9,11-12,14-17,19,24-25H,10,13,18H2,1-6H3,(H,31,32)/t24-,25+/m0/s1. The lowest BCUT2D eigenvalue weighted by Gasteiger charge is -2.32. The summed E-state index contributed by atoms with van der Waals surface area (Å²) < 4.78 is 12.4. The number of aromatic amines is 1. The minimum Gasteiger partial charge on any atom is -0.399 e. The summed E-state index contributed by atoms with van der Waals surface area (Å²) in [5.41, 5.74) is 3.22. The number of likely N-dealkylation sites (tertiary alicyclic amines) is 1. The van der Waals surface area contributed by atoms with Crippen molar-refractivity contribution in [3.63, 3.8) is 0 Å². The fraction of sp³-hybridized carbons (Fsp3) is 0.448. The summed E-state index contributed by atoms with van der Waals surface area (Å²) in [7, 11) is 3.53. The number of aromatic nitrogens is 2. The molecule has 7 nitrogen and oxygen atoms in total. The van der Waals surface area contributed by atoms with Crippen molar-refractivity contribution in [1.29, 1.82) is 0 Å². The average Bonchev–Trinajstić information content (AvgIpc) is 3.58. The molecule has 0 radical (unpaired) electrons. The van der Waals surface area contributed by atoms with Crippen molar-refractivity contribution >= 4 is 18.5 Å². The zero-order chi connectivity index (χ0) is 26.4. The Balaban J connectivity index is 1.33. The molecule has 1 amide bonds. The van der Waals surface area contributed by atoms with Gasteiger partial charge in [0.2, 0.25) is 5.91 Å². The number of nitrogens with one attached hydrogen (secondary N) is 1. The molecule has 0 unspecified atom stereocenters. The quantitative estimate of drug-likeness (QED) is 0.510. The van der Waals surface area contributed by atoms with Gasteiger partial charge in [-0.3, -0.25) is 9.69 Å². The van der Waals surface area contributed by atoms with E-state index in [0.717, 1.165) is 47.5 Å². The topological polar surface area (TPSA) is 70.7 Å². The summed E-state index contributed by atoms with van der Waals surface area (Å²) in [5, 5.41) is 0. The van der Waals surface area contributed by atoms with Crippen molar-refractivity contribution in [1.82, 2.24) is 19.8 Å². The number of nitrogens with zero attached hydrogens (tertiary/aromatic N) is 3. The number of carbonyl (C=O) groups is 1. The summed E-state index contributed by atoms with van der Waals surface area (Å²) in [4.78, 5) is 25.9. The molecular formula is C29H37BN4O3. The number of amides is 1. The summed E-state index contributed by atoms with van der Waals surface area (Å²) in [6, 6.07) is 17.8. The molecule has 2 fully saturated rings. The molecule has 3 aromatic rings. The van der Waals surface area contributed by atoms with Crippen molar-refractivity contribution in [2.45, 2.75) is 63.8 Å². The van der Waals surface area contributed by atoms with Crippen LogP contribution in [0, 0.1) is 0 Å². The second-order valence-corrected chi connectivity index (χ2v) is 11.4. The molecule has 194 valence electrons. The summed E-state index contributed by atoms with van der Waals surface area (Å²) in [6.45, 7) is 8.98. The Bertz CT molecular complexity index is 1220. The molecule has 3 heterocycles. The van der Waals surface area contributed by atoms with Gasteiger partial charge in [-0.15, -0.1) is 0 Å². The van der Waals surface area contributed by atoms with E-state index in [2.05, 4.69) is 44.8 Å². The highest BCUT2D eigenvalue weighted by atomic mass is 16.7. The van der Waals surface area contributed by atoms with Crippen LogP contribution < -0.4 is 5.46 Å². The van der Waals surface area contributed by atoms with Gasteiger partial charge >= 0.3 is 7.12 Å². The van der Waals surface area contributed by atoms with E-state index in [1.807, 2.05) is 72.6 Å². The Kier molecular flexibility index (Phi) is 6.77. The normalized spacial score (nSPS) is 21.5. The first-order valence-electron chi connectivity index (χ1n) is 13.1. The highest BCUT2D eigenvalue weighted by Crippen LogP contribution is 2.37. The van der Waals surface area contributed by atoms with Crippen molar-refractivity contribution in [3.8, 4) is 11.3 Å². The summed E-state index contributed by atoms with van der Waals surface area (Å²) >= 11 is 0. The molecule has 0 saturated carbocycles. The molecular weight excluding hydrogens is 463 g/mol. The van der Waals surface area contributed by atoms with Crippen molar-refractivity contribution in [3.05, 3.63) is 72.2 Å². The zero-order valence-electron chi connectivity index (χ0n) is 22.7. The third-order valence-corrected chi connectivity index (χ3v) is 8.06. The van der Waals surface area contributed by atoms with E-state index in [9.17, 15) is 4.79 Å². The van der Waals surface area contributed by atoms with Crippen LogP contribution in [0.3, 0.4) is 0 Å². The Morgan fingerprint density at radius 1 is 1.05 bits per heavy atom. The Morgan fingerprint density at radius 3 is 2.32 bits per heavy atom. The van der Waals surface area contributed by atoms with Gasteiger partial charge in [-0.25, -0.2) is 4.98 Å². The third-order valence-electron chi connectivity index (χ3n) is 8.06. The average molecular weight is 500 g/mol. The maximum Gasteiger partial charge on any atom is 0.494 e. The molecule has 1 N–H and O–H groups in total. The van der Waals surface area contributed by atoms with E-state index in [0.29, 0.717) is 0 Å². The van der Waals surface area contributed by atoms with Crippen LogP contribution in [-0.4, -0.2) is 64.6 Å². The minimum atomic E-state index is -0.385. The molecule has 2 aliphatic rings. The van der Waals surface area contributed by atoms with Gasteiger partial charge in [0.1, 0.15) is 11.9 Å². The zero-order valence-corrected chi connectivity index (χ0v) is 22.7. The molecule has 0 bridgehead atoms. The van der Waals surface area contributed by atoms with Gasteiger partial charge in [-0.05, 0) is 71.2 Å². The van der Waals surface area contributed by atoms with Crippen LogP contribution in [0.5, 0.6) is 0 Å². The highest BCUT2D eigenvalue weighted by Gasteiger charge is 2.51. The number of hydrogen-bond acceptors (Lipinski definition) is 5. The van der Waals surface area contributed by atoms with Crippen LogP contribution in [-0.2, 0) is 14.1 Å². The van der Waals surface area contributed by atoms with Gasteiger partial charge in [0, 0.05) is 6.54 Å². The fourth-order valence-corrected chi connectivity index (χ4v) is 5.22. The number of H-pyrrole nitrogens is 1. The second-order valence-electron chi connectivity index (χ2n) is 11.4. The van der Waals surface area contributed by atoms with Gasteiger partial charge in [-0.2, -0.15) is 0 Å². The first-order chi connectivity index (χ1) is 17.6. The molecule has 2 saturated heterocycles. The van der Waals surface area contributed by atoms with Crippen molar-refractivity contribution in [2.24, 2.45) is 0 Å². The maximum atomic E-state index is 13.7. The minimum absolute atomic E-state index is 0.0589. The van der Waals surface area contributed by atoms with Gasteiger partial charge in [0.15, 0.2) is 0 Å². The fourth-order valence-electron chi connectivity index (χ4n) is 5.22. The van der Waals surface area contributed by atoms with Crippen LogP contribution in [0.1, 0.15) is 64.0 Å². The molecule has 5 rings (SSSR count). The molecule has 8 heteroatoms. The van der Waals surface area contributed by atoms with Gasteiger partial charge in [0.25, 0.3) is 0 Å². The number of likely N-dealkylation sites (N-methyl/N-ethyl adjacent to an activating group) is 1. The smallest absolute Gasteiger partial charge is 0.399 e. The molecule has 2 aliphatic heterocycles. The largest absolute Gasteiger partial charge is 0.494 e.